The first kappa shape index (κ1) is 16.7. The van der Waals surface area contributed by atoms with E-state index in [2.05, 4.69) is 28.7 Å². The molecular weight excluding hydrogens is 316 g/mol. The van der Waals surface area contributed by atoms with Gasteiger partial charge in [-0.25, -0.2) is 5.43 Å². The van der Waals surface area contributed by atoms with E-state index in [1.54, 1.807) is 0 Å². The topological polar surface area (TPSA) is 56.8 Å². The van der Waals surface area contributed by atoms with Crippen LogP contribution in [0.2, 0.25) is 0 Å². The molecule has 2 fully saturated rings. The van der Waals surface area contributed by atoms with Crippen molar-refractivity contribution in [2.24, 2.45) is 5.92 Å². The minimum atomic E-state index is -0.117. The van der Waals surface area contributed by atoms with Gasteiger partial charge in [0, 0.05) is 19.6 Å². The van der Waals surface area contributed by atoms with Crippen molar-refractivity contribution in [2.75, 3.05) is 31.6 Å². The maximum atomic E-state index is 12.8. The number of hydrogen-bond acceptors (Lipinski definition) is 5. The first-order valence-electron chi connectivity index (χ1n) is 9.42. The van der Waals surface area contributed by atoms with Crippen molar-refractivity contribution in [3.8, 4) is 5.75 Å². The monoisotopic (exact) mass is 344 g/mol. The van der Waals surface area contributed by atoms with E-state index in [4.69, 9.17) is 4.74 Å². The number of anilines is 1. The molecule has 3 unspecified atom stereocenters. The summed E-state index contributed by atoms with van der Waals surface area (Å²) < 4.78 is 6.15. The molecule has 1 saturated heterocycles. The van der Waals surface area contributed by atoms with Crippen LogP contribution < -0.4 is 20.5 Å². The molecule has 3 aliphatic rings. The number of carbonyl (C=O) groups is 1. The van der Waals surface area contributed by atoms with Gasteiger partial charge in [-0.1, -0.05) is 12.1 Å². The highest BCUT2D eigenvalue weighted by Crippen LogP contribution is 2.36. The highest BCUT2D eigenvalue weighted by atomic mass is 16.5. The lowest BCUT2D eigenvalue weighted by Gasteiger charge is -2.37. The zero-order valence-electron chi connectivity index (χ0n) is 15.1. The molecule has 25 heavy (non-hydrogen) atoms. The first-order chi connectivity index (χ1) is 12.2. The molecule has 6 nitrogen and oxygen atoms in total. The molecule has 2 N–H and O–H groups in total. The van der Waals surface area contributed by atoms with E-state index in [1.807, 2.05) is 30.1 Å². The van der Waals surface area contributed by atoms with Crippen molar-refractivity contribution in [1.29, 1.82) is 0 Å². The van der Waals surface area contributed by atoms with Crippen LogP contribution in [0.3, 0.4) is 0 Å². The van der Waals surface area contributed by atoms with E-state index in [0.717, 1.165) is 36.9 Å². The lowest BCUT2D eigenvalue weighted by Crippen LogP contribution is -2.50. The Hall–Kier alpha value is -1.79. The predicted molar refractivity (Wildman–Crippen MR) is 97.6 cm³/mol. The molecule has 0 aromatic heterocycles. The van der Waals surface area contributed by atoms with Crippen molar-refractivity contribution in [1.82, 2.24) is 15.8 Å². The summed E-state index contributed by atoms with van der Waals surface area (Å²) in [6.45, 7) is 4.51. The van der Waals surface area contributed by atoms with Gasteiger partial charge >= 0.3 is 0 Å². The van der Waals surface area contributed by atoms with E-state index in [9.17, 15) is 4.79 Å². The summed E-state index contributed by atoms with van der Waals surface area (Å²) in [4.78, 5) is 16.9. The number of nitrogens with zero attached hydrogens (tertiary/aromatic N) is 2. The number of likely N-dealkylation sites (N-methyl/N-ethyl adjacent to an activating group) is 2. The Morgan fingerprint density at radius 3 is 2.88 bits per heavy atom. The van der Waals surface area contributed by atoms with Gasteiger partial charge in [0.05, 0.1) is 18.8 Å². The Kier molecular flexibility index (Phi) is 4.56. The van der Waals surface area contributed by atoms with Crippen LogP contribution in [-0.4, -0.2) is 55.7 Å². The van der Waals surface area contributed by atoms with Crippen molar-refractivity contribution in [2.45, 2.75) is 44.4 Å². The number of para-hydroxylation sites is 2. The molecule has 4 rings (SSSR count). The largest absolute Gasteiger partial charge is 0.485 e. The fraction of sp³-hybridized carbons (Fsp3) is 0.632. The lowest BCUT2D eigenvalue weighted by molar-refractivity contribution is -0.132. The Bertz CT molecular complexity index is 634. The molecule has 0 bridgehead atoms. The van der Waals surface area contributed by atoms with Gasteiger partial charge in [0.1, 0.15) is 17.9 Å². The maximum Gasteiger partial charge on any atom is 0.240 e. The summed E-state index contributed by atoms with van der Waals surface area (Å²) in [6, 6.07) is 8.47. The minimum Gasteiger partial charge on any atom is -0.485 e. The molecule has 6 heteroatoms. The number of hydrazine groups is 1. The number of benzene rings is 1. The van der Waals surface area contributed by atoms with Gasteiger partial charge in [0.2, 0.25) is 5.91 Å². The van der Waals surface area contributed by atoms with Crippen LogP contribution in [0.15, 0.2) is 24.3 Å². The van der Waals surface area contributed by atoms with E-state index in [-0.39, 0.29) is 18.1 Å². The number of rotatable bonds is 5. The first-order valence-corrected chi connectivity index (χ1v) is 9.42. The summed E-state index contributed by atoms with van der Waals surface area (Å²) in [5.41, 5.74) is 7.63. The molecule has 3 atom stereocenters. The third-order valence-corrected chi connectivity index (χ3v) is 5.58. The average molecular weight is 344 g/mol. The summed E-state index contributed by atoms with van der Waals surface area (Å²) >= 11 is 0. The van der Waals surface area contributed by atoms with Crippen LogP contribution in [0, 0.1) is 5.92 Å². The van der Waals surface area contributed by atoms with Crippen LogP contribution in [0.4, 0.5) is 5.69 Å². The fourth-order valence-electron chi connectivity index (χ4n) is 3.99. The summed E-state index contributed by atoms with van der Waals surface area (Å²) in [5.74, 6) is 1.82. The third-order valence-electron chi connectivity index (χ3n) is 5.58. The minimum absolute atomic E-state index is 0.00242. The number of hydrogen-bond donors (Lipinski definition) is 2. The standard InChI is InChI=1S/C19H28N4O2/c1-3-23-12-14(25-18-7-5-4-6-17(18)23)11-22(2)19(24)16-10-15(20-21-16)13-8-9-13/h4-7,13-16,20-21H,3,8-12H2,1-2H3. The fourth-order valence-corrected chi connectivity index (χ4v) is 3.99. The molecule has 0 spiro atoms. The van der Waals surface area contributed by atoms with Crippen molar-refractivity contribution < 1.29 is 9.53 Å². The highest BCUT2D eigenvalue weighted by Gasteiger charge is 2.40. The zero-order chi connectivity index (χ0) is 17.4. The molecule has 1 aliphatic carbocycles. The van der Waals surface area contributed by atoms with Crippen LogP contribution in [0.25, 0.3) is 0 Å². The number of nitrogens with one attached hydrogen (secondary N) is 2. The van der Waals surface area contributed by atoms with Gasteiger partial charge in [-0.3, -0.25) is 10.2 Å². The van der Waals surface area contributed by atoms with E-state index in [1.165, 1.54) is 12.8 Å². The number of carbonyl (C=O) groups excluding carboxylic acids is 1. The molecule has 2 aliphatic heterocycles. The Morgan fingerprint density at radius 1 is 1.32 bits per heavy atom. The Morgan fingerprint density at radius 2 is 2.12 bits per heavy atom. The number of ether oxygens (including phenoxy) is 1. The average Bonchev–Trinajstić information content (AvgIpc) is 3.37. The van der Waals surface area contributed by atoms with E-state index >= 15 is 0 Å². The van der Waals surface area contributed by atoms with Crippen LogP contribution in [0.1, 0.15) is 26.2 Å². The normalized spacial score (nSPS) is 28.4. The van der Waals surface area contributed by atoms with Crippen LogP contribution >= 0.6 is 0 Å². The van der Waals surface area contributed by atoms with Gasteiger partial charge in [0.15, 0.2) is 0 Å². The molecule has 1 saturated carbocycles. The SMILES string of the molecule is CCN1CC(CN(C)C(=O)C2CC(C3CC3)NN2)Oc2ccccc21. The molecule has 0 radical (unpaired) electrons. The van der Waals surface area contributed by atoms with E-state index in [0.29, 0.717) is 12.6 Å². The second kappa shape index (κ2) is 6.84. The van der Waals surface area contributed by atoms with Gasteiger partial charge < -0.3 is 14.5 Å². The molecule has 1 amide bonds. The predicted octanol–water partition coefficient (Wildman–Crippen LogP) is 1.38. The Balaban J connectivity index is 1.36. The van der Waals surface area contributed by atoms with Gasteiger partial charge in [-0.2, -0.15) is 0 Å². The van der Waals surface area contributed by atoms with Crippen LogP contribution in [0.5, 0.6) is 5.75 Å². The molecule has 136 valence electrons. The summed E-state index contributed by atoms with van der Waals surface area (Å²) in [7, 11) is 1.88. The number of amides is 1. The van der Waals surface area contributed by atoms with Gasteiger partial charge in [-0.05, 0) is 44.2 Å². The van der Waals surface area contributed by atoms with Crippen molar-refractivity contribution >= 4 is 11.6 Å². The molecular formula is C19H28N4O2. The second-order valence-corrected chi connectivity index (χ2v) is 7.49. The molecule has 1 aromatic rings. The summed E-state index contributed by atoms with van der Waals surface area (Å²) in [5, 5.41) is 0. The highest BCUT2D eigenvalue weighted by molar-refractivity contribution is 5.82. The summed E-state index contributed by atoms with van der Waals surface area (Å²) in [6.07, 6.45) is 3.47. The number of fused-ring (bicyclic) bond motifs is 1. The second-order valence-electron chi connectivity index (χ2n) is 7.49. The van der Waals surface area contributed by atoms with Gasteiger partial charge in [0.25, 0.3) is 0 Å². The van der Waals surface area contributed by atoms with Crippen molar-refractivity contribution in [3.05, 3.63) is 24.3 Å². The lowest BCUT2D eigenvalue weighted by atomic mass is 10.1. The smallest absolute Gasteiger partial charge is 0.240 e. The van der Waals surface area contributed by atoms with E-state index < -0.39 is 0 Å². The van der Waals surface area contributed by atoms with Gasteiger partial charge in [-0.15, -0.1) is 0 Å². The third kappa shape index (κ3) is 3.46. The maximum absolute atomic E-state index is 12.8. The molecule has 2 heterocycles. The van der Waals surface area contributed by atoms with Crippen molar-refractivity contribution in [3.63, 3.8) is 0 Å². The Labute approximate surface area is 149 Å². The molecule has 1 aromatic carbocycles. The van der Waals surface area contributed by atoms with Crippen LogP contribution in [-0.2, 0) is 4.79 Å². The quantitative estimate of drug-likeness (QED) is 0.845. The zero-order valence-corrected chi connectivity index (χ0v) is 15.1.